The molecule has 1 spiro atoms. The second-order valence-electron chi connectivity index (χ2n) is 5.73. The number of carbonyl (C=O) groups is 2. The van der Waals surface area contributed by atoms with E-state index in [1.54, 1.807) is 6.20 Å². The number of imide groups is 1. The van der Waals surface area contributed by atoms with Crippen molar-refractivity contribution in [1.29, 1.82) is 0 Å². The number of carbonyl (C=O) groups excluding carboxylic acids is 2. The van der Waals surface area contributed by atoms with E-state index in [1.165, 1.54) is 0 Å². The number of aromatic amines is 1. The van der Waals surface area contributed by atoms with Gasteiger partial charge in [-0.25, -0.2) is 4.79 Å². The van der Waals surface area contributed by atoms with Crippen molar-refractivity contribution >= 4 is 40.1 Å². The molecule has 0 radical (unpaired) electrons. The molecule has 3 amide bonds. The van der Waals surface area contributed by atoms with Crippen molar-refractivity contribution in [2.75, 3.05) is 18.0 Å². The smallest absolute Gasteiger partial charge is 0.322 e. The molecule has 1 aromatic carbocycles. The summed E-state index contributed by atoms with van der Waals surface area (Å²) in [5.74, 6) is -0.225. The van der Waals surface area contributed by atoms with Gasteiger partial charge in [0.15, 0.2) is 0 Å². The van der Waals surface area contributed by atoms with Gasteiger partial charge in [0, 0.05) is 29.2 Å². The van der Waals surface area contributed by atoms with Crippen LogP contribution in [0.2, 0.25) is 5.02 Å². The normalized spacial score (nSPS) is 20.5. The number of halogens is 1. The first-order valence-electron chi connectivity index (χ1n) is 7.09. The first-order chi connectivity index (χ1) is 10.6. The van der Waals surface area contributed by atoms with Crippen molar-refractivity contribution in [2.24, 2.45) is 0 Å². The largest absolute Gasteiger partial charge is 0.371 e. The molecule has 0 aliphatic carbocycles. The lowest BCUT2D eigenvalue weighted by Crippen LogP contribution is -2.54. The fraction of sp³-hybridized carbons (Fsp3) is 0.357. The standard InChI is InChI=1S/C14H14ClN5O2/c15-8-5-10-9(7-16-19-10)11(6-8)20-3-1-14(2-4-20)12(21)17-13(22)18-14/h5-7H,1-4H2,(H,16,19)(H2,17,18,21,22). The monoisotopic (exact) mass is 319 g/mol. The van der Waals surface area contributed by atoms with Crippen LogP contribution < -0.4 is 15.5 Å². The average molecular weight is 320 g/mol. The number of H-pyrrole nitrogens is 1. The van der Waals surface area contributed by atoms with Gasteiger partial charge in [-0.05, 0) is 25.0 Å². The molecule has 0 unspecified atom stereocenters. The number of amides is 3. The Morgan fingerprint density at radius 3 is 2.68 bits per heavy atom. The molecule has 2 aliphatic rings. The molecular weight excluding hydrogens is 306 g/mol. The van der Waals surface area contributed by atoms with Gasteiger partial charge in [-0.3, -0.25) is 15.2 Å². The van der Waals surface area contributed by atoms with Crippen LogP contribution >= 0.6 is 11.6 Å². The highest BCUT2D eigenvalue weighted by Crippen LogP contribution is 2.34. The van der Waals surface area contributed by atoms with E-state index in [4.69, 9.17) is 11.6 Å². The highest BCUT2D eigenvalue weighted by atomic mass is 35.5. The quantitative estimate of drug-likeness (QED) is 0.693. The summed E-state index contributed by atoms with van der Waals surface area (Å²) >= 11 is 6.17. The number of nitrogens with one attached hydrogen (secondary N) is 3. The third kappa shape index (κ3) is 1.93. The molecule has 0 bridgehead atoms. The second-order valence-corrected chi connectivity index (χ2v) is 6.17. The highest BCUT2D eigenvalue weighted by molar-refractivity contribution is 6.31. The Bertz CT molecular complexity index is 779. The zero-order valence-corrected chi connectivity index (χ0v) is 12.4. The van der Waals surface area contributed by atoms with Gasteiger partial charge in [-0.15, -0.1) is 0 Å². The molecule has 2 aromatic rings. The van der Waals surface area contributed by atoms with Gasteiger partial charge in [-0.1, -0.05) is 11.6 Å². The molecule has 3 N–H and O–H groups in total. The van der Waals surface area contributed by atoms with Crippen molar-refractivity contribution in [2.45, 2.75) is 18.4 Å². The average Bonchev–Trinajstić information content (AvgIpc) is 3.04. The maximum absolute atomic E-state index is 12.0. The van der Waals surface area contributed by atoms with Crippen LogP contribution in [-0.2, 0) is 4.79 Å². The van der Waals surface area contributed by atoms with E-state index in [0.29, 0.717) is 31.0 Å². The first-order valence-corrected chi connectivity index (χ1v) is 7.46. The van der Waals surface area contributed by atoms with Crippen LogP contribution in [0.15, 0.2) is 18.3 Å². The number of nitrogens with zero attached hydrogens (tertiary/aromatic N) is 2. The number of fused-ring (bicyclic) bond motifs is 1. The Morgan fingerprint density at radius 1 is 1.23 bits per heavy atom. The SMILES string of the molecule is O=C1NC(=O)C2(CCN(c3cc(Cl)cc4[nH]ncc34)CC2)N1. The van der Waals surface area contributed by atoms with Gasteiger partial charge in [0.05, 0.1) is 11.7 Å². The third-order valence-electron chi connectivity index (χ3n) is 4.47. The van der Waals surface area contributed by atoms with Crippen LogP contribution in [0.4, 0.5) is 10.5 Å². The van der Waals surface area contributed by atoms with Crippen LogP contribution in [0.3, 0.4) is 0 Å². The van der Waals surface area contributed by atoms with E-state index in [1.807, 2.05) is 12.1 Å². The molecule has 22 heavy (non-hydrogen) atoms. The topological polar surface area (TPSA) is 90.1 Å². The Balaban J connectivity index is 1.62. The lowest BCUT2D eigenvalue weighted by atomic mass is 9.87. The summed E-state index contributed by atoms with van der Waals surface area (Å²) in [7, 11) is 0. The minimum Gasteiger partial charge on any atom is -0.371 e. The number of urea groups is 1. The van der Waals surface area contributed by atoms with Crippen LogP contribution in [0, 0.1) is 0 Å². The van der Waals surface area contributed by atoms with Crippen molar-refractivity contribution in [1.82, 2.24) is 20.8 Å². The molecule has 2 aliphatic heterocycles. The van der Waals surface area contributed by atoms with Crippen molar-refractivity contribution in [3.05, 3.63) is 23.4 Å². The number of rotatable bonds is 1. The Morgan fingerprint density at radius 2 is 2.00 bits per heavy atom. The number of piperidine rings is 1. The summed E-state index contributed by atoms with van der Waals surface area (Å²) in [6.45, 7) is 1.32. The van der Waals surface area contributed by atoms with Gasteiger partial charge in [0.1, 0.15) is 5.54 Å². The maximum Gasteiger partial charge on any atom is 0.322 e. The predicted molar refractivity (Wildman–Crippen MR) is 82.0 cm³/mol. The van der Waals surface area contributed by atoms with Crippen LogP contribution in [0.5, 0.6) is 0 Å². The molecule has 114 valence electrons. The summed E-state index contributed by atoms with van der Waals surface area (Å²) in [4.78, 5) is 25.5. The molecule has 8 heteroatoms. The lowest BCUT2D eigenvalue weighted by molar-refractivity contribution is -0.124. The van der Waals surface area contributed by atoms with Gasteiger partial charge >= 0.3 is 6.03 Å². The van der Waals surface area contributed by atoms with E-state index < -0.39 is 11.6 Å². The van der Waals surface area contributed by atoms with Gasteiger partial charge in [0.25, 0.3) is 5.91 Å². The Labute approximate surface area is 131 Å². The third-order valence-corrected chi connectivity index (χ3v) is 4.69. The predicted octanol–water partition coefficient (Wildman–Crippen LogP) is 1.39. The Hall–Kier alpha value is -2.28. The summed E-state index contributed by atoms with van der Waals surface area (Å²) in [6.07, 6.45) is 2.91. The summed E-state index contributed by atoms with van der Waals surface area (Å²) in [5.41, 5.74) is 1.12. The number of anilines is 1. The van der Waals surface area contributed by atoms with Crippen LogP contribution in [0.1, 0.15) is 12.8 Å². The van der Waals surface area contributed by atoms with Gasteiger partial charge in [-0.2, -0.15) is 5.10 Å². The van der Waals surface area contributed by atoms with Crippen molar-refractivity contribution < 1.29 is 9.59 Å². The van der Waals surface area contributed by atoms with E-state index >= 15 is 0 Å². The molecule has 4 rings (SSSR count). The molecule has 2 fully saturated rings. The summed E-state index contributed by atoms with van der Waals surface area (Å²) in [6, 6.07) is 3.34. The minimum atomic E-state index is -0.762. The zero-order chi connectivity index (χ0) is 15.3. The molecule has 1 aromatic heterocycles. The Kier molecular flexibility index (Phi) is 2.80. The number of benzene rings is 1. The highest BCUT2D eigenvalue weighted by Gasteiger charge is 2.47. The molecule has 0 atom stereocenters. The van der Waals surface area contributed by atoms with Crippen LogP contribution in [0.25, 0.3) is 10.9 Å². The summed E-state index contributed by atoms with van der Waals surface area (Å²) in [5, 5.41) is 13.7. The van der Waals surface area contributed by atoms with Crippen LogP contribution in [-0.4, -0.2) is 40.8 Å². The van der Waals surface area contributed by atoms with Crippen molar-refractivity contribution in [3.8, 4) is 0 Å². The zero-order valence-electron chi connectivity index (χ0n) is 11.6. The number of aromatic nitrogens is 2. The molecule has 2 saturated heterocycles. The fourth-order valence-electron chi connectivity index (χ4n) is 3.27. The first kappa shape index (κ1) is 13.4. The van der Waals surface area contributed by atoms with Crippen molar-refractivity contribution in [3.63, 3.8) is 0 Å². The van der Waals surface area contributed by atoms with Gasteiger partial charge in [0.2, 0.25) is 0 Å². The molecule has 7 nitrogen and oxygen atoms in total. The minimum absolute atomic E-state index is 0.225. The maximum atomic E-state index is 12.0. The second kappa shape index (κ2) is 4.61. The fourth-order valence-corrected chi connectivity index (χ4v) is 3.48. The molecular formula is C14H14ClN5O2. The number of hydrogen-bond donors (Lipinski definition) is 3. The molecule has 3 heterocycles. The van der Waals surface area contributed by atoms with E-state index in [2.05, 4.69) is 25.7 Å². The van der Waals surface area contributed by atoms with E-state index in [9.17, 15) is 9.59 Å². The van der Waals surface area contributed by atoms with Gasteiger partial charge < -0.3 is 10.2 Å². The summed E-state index contributed by atoms with van der Waals surface area (Å²) < 4.78 is 0. The molecule has 0 saturated carbocycles. The number of hydrogen-bond acceptors (Lipinski definition) is 4. The van der Waals surface area contributed by atoms with E-state index in [-0.39, 0.29) is 5.91 Å². The van der Waals surface area contributed by atoms with E-state index in [0.717, 1.165) is 16.6 Å². The lowest BCUT2D eigenvalue weighted by Gasteiger charge is -2.38.